The first-order chi connectivity index (χ1) is 14.3. The number of nitrogens with zero attached hydrogens (tertiary/aromatic N) is 4. The second-order valence-corrected chi connectivity index (χ2v) is 7.48. The van der Waals surface area contributed by atoms with Crippen LogP contribution in [0.1, 0.15) is 11.4 Å². The number of rotatable bonds is 5. The summed E-state index contributed by atoms with van der Waals surface area (Å²) in [5.74, 6) is -1.33. The number of nitrogens with one attached hydrogen (secondary N) is 1. The Morgan fingerprint density at radius 2 is 1.90 bits per heavy atom. The number of hydrogen-bond acceptors (Lipinski definition) is 3. The van der Waals surface area contributed by atoms with Gasteiger partial charge >= 0.3 is 6.18 Å². The Morgan fingerprint density at radius 3 is 2.67 bits per heavy atom. The Kier molecular flexibility index (Phi) is 5.33. The van der Waals surface area contributed by atoms with E-state index in [0.29, 0.717) is 12.4 Å². The minimum atomic E-state index is -4.68. The highest BCUT2D eigenvalue weighted by Gasteiger charge is 2.38. The molecule has 0 bridgehead atoms. The van der Waals surface area contributed by atoms with E-state index in [1.807, 2.05) is 24.3 Å². The Balaban J connectivity index is 1.56. The highest BCUT2D eigenvalue weighted by molar-refractivity contribution is 9.10. The molecule has 1 amide bonds. The maximum atomic E-state index is 13.4. The second-order valence-electron chi connectivity index (χ2n) is 6.56. The van der Waals surface area contributed by atoms with E-state index in [-0.39, 0.29) is 11.0 Å². The Morgan fingerprint density at radius 1 is 1.10 bits per heavy atom. The maximum Gasteiger partial charge on any atom is 0.449 e. The largest absolute Gasteiger partial charge is 0.449 e. The monoisotopic (exact) mass is 477 g/mol. The molecule has 0 aliphatic carbocycles. The zero-order chi connectivity index (χ0) is 21.3. The SMILES string of the molecule is O=C(Cn1c(C(F)(F)F)nc2ccccc21)Nc1ccnn1Cc1cccc(Br)c1. The number of hydrogen-bond donors (Lipinski definition) is 1. The van der Waals surface area contributed by atoms with Crippen LogP contribution in [0.25, 0.3) is 11.0 Å². The second kappa shape index (κ2) is 7.94. The van der Waals surface area contributed by atoms with Crippen molar-refractivity contribution in [1.29, 1.82) is 0 Å². The van der Waals surface area contributed by atoms with Crippen LogP contribution in [0.5, 0.6) is 0 Å². The summed E-state index contributed by atoms with van der Waals surface area (Å²) < 4.78 is 43.6. The summed E-state index contributed by atoms with van der Waals surface area (Å²) in [7, 11) is 0. The first kappa shape index (κ1) is 20.1. The van der Waals surface area contributed by atoms with Crippen molar-refractivity contribution in [2.75, 3.05) is 5.32 Å². The molecule has 0 atom stereocenters. The van der Waals surface area contributed by atoms with Gasteiger partial charge in [-0.3, -0.25) is 4.79 Å². The lowest BCUT2D eigenvalue weighted by Gasteiger charge is -2.13. The zero-order valence-electron chi connectivity index (χ0n) is 15.4. The molecule has 0 spiro atoms. The van der Waals surface area contributed by atoms with E-state index in [4.69, 9.17) is 0 Å². The molecule has 0 fully saturated rings. The van der Waals surface area contributed by atoms with Gasteiger partial charge in [-0.1, -0.05) is 40.2 Å². The number of carbonyl (C=O) groups is 1. The zero-order valence-corrected chi connectivity index (χ0v) is 17.0. The normalized spacial score (nSPS) is 11.7. The van der Waals surface area contributed by atoms with Gasteiger partial charge < -0.3 is 9.88 Å². The maximum absolute atomic E-state index is 13.4. The summed E-state index contributed by atoms with van der Waals surface area (Å²) in [6.07, 6.45) is -3.16. The molecule has 6 nitrogen and oxygen atoms in total. The number of alkyl halides is 3. The van der Waals surface area contributed by atoms with Crippen LogP contribution in [0.15, 0.2) is 65.3 Å². The summed E-state index contributed by atoms with van der Waals surface area (Å²) in [5, 5.41) is 6.83. The molecule has 1 N–H and O–H groups in total. The van der Waals surface area contributed by atoms with Crippen molar-refractivity contribution in [3.05, 3.63) is 76.7 Å². The fourth-order valence-electron chi connectivity index (χ4n) is 3.15. The Hall–Kier alpha value is -3.14. The fourth-order valence-corrected chi connectivity index (χ4v) is 3.60. The molecule has 0 aliphatic heterocycles. The quantitative estimate of drug-likeness (QED) is 0.453. The number of aromatic nitrogens is 4. The average molecular weight is 478 g/mol. The lowest BCUT2D eigenvalue weighted by atomic mass is 10.2. The molecular formula is C20H15BrF3N5O. The third kappa shape index (κ3) is 4.23. The van der Waals surface area contributed by atoms with Crippen LogP contribution >= 0.6 is 15.9 Å². The van der Waals surface area contributed by atoms with Crippen LogP contribution in [0.3, 0.4) is 0 Å². The van der Waals surface area contributed by atoms with Gasteiger partial charge in [0.25, 0.3) is 0 Å². The molecule has 4 aromatic rings. The van der Waals surface area contributed by atoms with Gasteiger partial charge in [0.1, 0.15) is 12.4 Å². The number of benzene rings is 2. The van der Waals surface area contributed by atoms with Gasteiger partial charge in [0, 0.05) is 10.5 Å². The minimum absolute atomic E-state index is 0.178. The molecule has 0 radical (unpaired) electrons. The van der Waals surface area contributed by atoms with Crippen LogP contribution in [-0.4, -0.2) is 25.2 Å². The van der Waals surface area contributed by atoms with Crippen LogP contribution in [0.4, 0.5) is 19.0 Å². The van der Waals surface area contributed by atoms with E-state index in [0.717, 1.165) is 14.6 Å². The van der Waals surface area contributed by atoms with Crippen LogP contribution in [0, 0.1) is 0 Å². The highest BCUT2D eigenvalue weighted by Crippen LogP contribution is 2.31. The van der Waals surface area contributed by atoms with E-state index in [1.54, 1.807) is 22.9 Å². The molecule has 4 rings (SSSR count). The van der Waals surface area contributed by atoms with Crippen molar-refractivity contribution in [2.24, 2.45) is 0 Å². The summed E-state index contributed by atoms with van der Waals surface area (Å²) in [4.78, 5) is 16.2. The first-order valence-corrected chi connectivity index (χ1v) is 9.69. The average Bonchev–Trinajstić information content (AvgIpc) is 3.26. The molecule has 0 unspecified atom stereocenters. The fraction of sp³-hybridized carbons (Fsp3) is 0.150. The molecule has 30 heavy (non-hydrogen) atoms. The summed E-state index contributed by atoms with van der Waals surface area (Å²) in [5.41, 5.74) is 1.36. The smallest absolute Gasteiger partial charge is 0.311 e. The van der Waals surface area contributed by atoms with E-state index < -0.39 is 24.5 Å². The Bertz CT molecular complexity index is 1210. The van der Waals surface area contributed by atoms with Gasteiger partial charge in [0.2, 0.25) is 11.7 Å². The molecule has 0 saturated carbocycles. The molecule has 2 aromatic heterocycles. The number of amides is 1. The molecular weight excluding hydrogens is 463 g/mol. The van der Waals surface area contributed by atoms with Crippen LogP contribution in [0.2, 0.25) is 0 Å². The van der Waals surface area contributed by atoms with Crippen molar-refractivity contribution in [3.8, 4) is 0 Å². The molecule has 10 heteroatoms. The van der Waals surface area contributed by atoms with Crippen LogP contribution in [-0.2, 0) is 24.1 Å². The van der Waals surface area contributed by atoms with Crippen molar-refractivity contribution in [1.82, 2.24) is 19.3 Å². The van der Waals surface area contributed by atoms with Gasteiger partial charge in [0.05, 0.1) is 23.8 Å². The molecule has 0 saturated heterocycles. The van der Waals surface area contributed by atoms with Crippen LogP contribution < -0.4 is 5.32 Å². The van der Waals surface area contributed by atoms with Crippen molar-refractivity contribution < 1.29 is 18.0 Å². The number of imidazole rings is 1. The lowest BCUT2D eigenvalue weighted by Crippen LogP contribution is -2.24. The molecule has 0 aliphatic rings. The lowest BCUT2D eigenvalue weighted by molar-refractivity contribution is -0.147. The van der Waals surface area contributed by atoms with Gasteiger partial charge in [-0.25, -0.2) is 9.67 Å². The van der Waals surface area contributed by atoms with E-state index in [2.05, 4.69) is 31.3 Å². The van der Waals surface area contributed by atoms with Crippen molar-refractivity contribution >= 4 is 38.7 Å². The first-order valence-electron chi connectivity index (χ1n) is 8.90. The van der Waals surface area contributed by atoms with E-state index >= 15 is 0 Å². The molecule has 2 heterocycles. The number of halogens is 4. The van der Waals surface area contributed by atoms with Gasteiger partial charge in [-0.05, 0) is 29.8 Å². The summed E-state index contributed by atoms with van der Waals surface area (Å²) >= 11 is 3.40. The predicted octanol–water partition coefficient (Wildman–Crippen LogP) is 4.70. The third-order valence-corrected chi connectivity index (χ3v) is 4.91. The van der Waals surface area contributed by atoms with Crippen molar-refractivity contribution in [3.63, 3.8) is 0 Å². The third-order valence-electron chi connectivity index (χ3n) is 4.42. The number of carbonyl (C=O) groups excluding carboxylic acids is 1. The number of anilines is 1. The van der Waals surface area contributed by atoms with Gasteiger partial charge in [0.15, 0.2) is 0 Å². The molecule has 154 valence electrons. The summed E-state index contributed by atoms with van der Waals surface area (Å²) in [6.45, 7) is -0.138. The van der Waals surface area contributed by atoms with Gasteiger partial charge in [-0.2, -0.15) is 18.3 Å². The minimum Gasteiger partial charge on any atom is -0.311 e. The standard InChI is InChI=1S/C20H15BrF3N5O/c21-14-5-3-4-13(10-14)11-29-17(8-9-25-29)27-18(30)12-28-16-7-2-1-6-15(16)26-19(28)20(22,23)24/h1-10H,11-12H2,(H,27,30). The van der Waals surface area contributed by atoms with E-state index in [9.17, 15) is 18.0 Å². The molecule has 2 aromatic carbocycles. The number of fused-ring (bicyclic) bond motifs is 1. The Labute approximate surface area is 177 Å². The highest BCUT2D eigenvalue weighted by atomic mass is 79.9. The predicted molar refractivity (Wildman–Crippen MR) is 109 cm³/mol. The van der Waals surface area contributed by atoms with Crippen molar-refractivity contribution in [2.45, 2.75) is 19.3 Å². The topological polar surface area (TPSA) is 64.7 Å². The van der Waals surface area contributed by atoms with E-state index in [1.165, 1.54) is 18.3 Å². The van der Waals surface area contributed by atoms with Gasteiger partial charge in [-0.15, -0.1) is 0 Å². The number of para-hydroxylation sites is 2. The summed E-state index contributed by atoms with van der Waals surface area (Å²) in [6, 6.07) is 15.4.